The van der Waals surface area contributed by atoms with Gasteiger partial charge in [-0.25, -0.2) is 4.39 Å². The molecule has 0 unspecified atom stereocenters. The number of fused-ring (bicyclic) bond motifs is 1. The van der Waals surface area contributed by atoms with Crippen LogP contribution in [0.3, 0.4) is 0 Å². The van der Waals surface area contributed by atoms with Gasteiger partial charge in [-0.15, -0.1) is 0 Å². The van der Waals surface area contributed by atoms with Gasteiger partial charge in [-0.3, -0.25) is 4.79 Å². The van der Waals surface area contributed by atoms with Gasteiger partial charge in [-0.2, -0.15) is 4.98 Å². The molecular weight excluding hydrogens is 527 g/mol. The lowest BCUT2D eigenvalue weighted by molar-refractivity contribution is -0.119. The second-order valence-corrected chi connectivity index (χ2v) is 9.83. The number of carbonyl (C=O) groups excluding carboxylic acids is 1. The molecule has 1 aliphatic heterocycles. The number of rotatable bonds is 12. The van der Waals surface area contributed by atoms with Crippen molar-refractivity contribution in [3.8, 4) is 28.4 Å². The molecule has 5 rings (SSSR count). The second kappa shape index (κ2) is 12.9. The van der Waals surface area contributed by atoms with E-state index in [4.69, 9.17) is 29.3 Å². The van der Waals surface area contributed by atoms with Gasteiger partial charge >= 0.3 is 0 Å². The van der Waals surface area contributed by atoms with Gasteiger partial charge in [0, 0.05) is 18.7 Å². The minimum Gasteiger partial charge on any atom is -0.493 e. The van der Waals surface area contributed by atoms with Crippen LogP contribution in [0.1, 0.15) is 32.3 Å². The van der Waals surface area contributed by atoms with E-state index in [0.29, 0.717) is 54.1 Å². The maximum Gasteiger partial charge on any atom is 0.298 e. The van der Waals surface area contributed by atoms with E-state index in [1.165, 1.54) is 12.1 Å². The molecule has 3 N–H and O–H groups in total. The Morgan fingerprint density at radius 1 is 1.02 bits per heavy atom. The first kappa shape index (κ1) is 28.2. The van der Waals surface area contributed by atoms with E-state index in [-0.39, 0.29) is 18.5 Å². The number of nitrogens with zero attached hydrogens (tertiary/aromatic N) is 2. The van der Waals surface area contributed by atoms with Crippen LogP contribution in [-0.4, -0.2) is 49.8 Å². The topological polar surface area (TPSA) is 112 Å². The Morgan fingerprint density at radius 3 is 2.34 bits per heavy atom. The van der Waals surface area contributed by atoms with Crippen LogP contribution in [0.2, 0.25) is 0 Å². The molecule has 3 aromatic carbocycles. The number of ether oxygens (including phenoxy) is 3. The quantitative estimate of drug-likeness (QED) is 0.247. The normalized spacial score (nSPS) is 13.7. The summed E-state index contributed by atoms with van der Waals surface area (Å²) in [7, 11) is 0. The number of halogens is 1. The molecule has 10 heteroatoms. The first-order chi connectivity index (χ1) is 19.9. The molecule has 2 heterocycles. The van der Waals surface area contributed by atoms with Gasteiger partial charge in [0.1, 0.15) is 28.6 Å². The number of nitrogens with one attached hydrogen (secondary N) is 1. The summed E-state index contributed by atoms with van der Waals surface area (Å²) in [5.74, 6) is 0.969. The molecule has 9 nitrogen and oxygen atoms in total. The molecule has 1 saturated heterocycles. The van der Waals surface area contributed by atoms with Crippen molar-refractivity contribution in [2.24, 2.45) is 5.73 Å². The minimum atomic E-state index is -0.550. The summed E-state index contributed by atoms with van der Waals surface area (Å²) in [6.45, 7) is 6.88. The van der Waals surface area contributed by atoms with Crippen molar-refractivity contribution in [3.63, 3.8) is 0 Å². The van der Waals surface area contributed by atoms with Crippen molar-refractivity contribution in [2.45, 2.75) is 39.3 Å². The van der Waals surface area contributed by atoms with E-state index in [1.807, 2.05) is 26.0 Å². The third-order valence-electron chi connectivity index (χ3n) is 6.94. The number of amides is 1. The van der Waals surface area contributed by atoms with Gasteiger partial charge < -0.3 is 34.6 Å². The number of carbonyl (C=O) groups is 1. The lowest BCUT2D eigenvalue weighted by Crippen LogP contribution is -2.43. The molecular formula is C31H35FN4O5. The Hall–Kier alpha value is -4.31. The summed E-state index contributed by atoms with van der Waals surface area (Å²) in [5, 5.41) is 3.42. The van der Waals surface area contributed by atoms with Crippen molar-refractivity contribution >= 4 is 23.0 Å². The highest BCUT2D eigenvalue weighted by Crippen LogP contribution is 2.41. The van der Waals surface area contributed by atoms with E-state index in [9.17, 15) is 9.18 Å². The Kier molecular flexibility index (Phi) is 8.88. The van der Waals surface area contributed by atoms with Crippen LogP contribution in [0.5, 0.6) is 17.2 Å². The van der Waals surface area contributed by atoms with Crippen molar-refractivity contribution in [1.82, 2.24) is 10.3 Å². The molecule has 1 aliphatic rings. The highest BCUT2D eigenvalue weighted by Gasteiger charge is 2.27. The Bertz CT molecular complexity index is 1460. The second-order valence-electron chi connectivity index (χ2n) is 9.83. The predicted octanol–water partition coefficient (Wildman–Crippen LogP) is 5.05. The molecule has 1 fully saturated rings. The standard InChI is InChI=1S/C31H35FN4O5/c1-3-38-27-15-20(16-28(39-4-2)30(27)21-5-7-22(32)8-6-21)18-36(23-11-13-34-14-12-23)31-35-25-17-24(40-19-29(33)37)9-10-26(25)41-31/h5-10,15-17,23,34H,3-4,11-14,18-19H2,1-2H3,(H2,33,37). The third kappa shape index (κ3) is 6.71. The van der Waals surface area contributed by atoms with E-state index in [2.05, 4.69) is 10.2 Å². The Balaban J connectivity index is 1.53. The first-order valence-corrected chi connectivity index (χ1v) is 13.9. The molecule has 4 aromatic rings. The molecule has 0 saturated carbocycles. The molecule has 0 aliphatic carbocycles. The molecule has 1 amide bonds. The summed E-state index contributed by atoms with van der Waals surface area (Å²) in [6.07, 6.45) is 1.85. The lowest BCUT2D eigenvalue weighted by atomic mass is 9.99. The SMILES string of the molecule is CCOc1cc(CN(c2nc3cc(OCC(N)=O)ccc3o2)C2CCNCC2)cc(OCC)c1-c1ccc(F)cc1. The summed E-state index contributed by atoms with van der Waals surface area (Å²) in [4.78, 5) is 18.1. The summed E-state index contributed by atoms with van der Waals surface area (Å²) >= 11 is 0. The molecule has 1 aromatic heterocycles. The number of oxazole rings is 1. The number of hydrogen-bond acceptors (Lipinski definition) is 8. The van der Waals surface area contributed by atoms with Gasteiger partial charge in [-0.05, 0) is 87.3 Å². The van der Waals surface area contributed by atoms with Crippen LogP contribution < -0.4 is 30.2 Å². The molecule has 0 radical (unpaired) electrons. The predicted molar refractivity (Wildman–Crippen MR) is 155 cm³/mol. The van der Waals surface area contributed by atoms with Crippen molar-refractivity contribution in [1.29, 1.82) is 0 Å². The highest BCUT2D eigenvalue weighted by atomic mass is 19.1. The van der Waals surface area contributed by atoms with E-state index < -0.39 is 5.91 Å². The third-order valence-corrected chi connectivity index (χ3v) is 6.94. The number of primary amides is 1. The van der Waals surface area contributed by atoms with Crippen LogP contribution in [0.15, 0.2) is 59.0 Å². The maximum atomic E-state index is 13.7. The molecule has 0 spiro atoms. The van der Waals surface area contributed by atoms with Crippen molar-refractivity contribution < 1.29 is 27.8 Å². The fourth-order valence-corrected chi connectivity index (χ4v) is 5.11. The van der Waals surface area contributed by atoms with Crippen molar-refractivity contribution in [2.75, 3.05) is 37.8 Å². The summed E-state index contributed by atoms with van der Waals surface area (Å²) < 4.78 is 37.6. The zero-order valence-electron chi connectivity index (χ0n) is 23.3. The number of anilines is 1. The number of aromatic nitrogens is 1. The molecule has 216 valence electrons. The van der Waals surface area contributed by atoms with E-state index in [0.717, 1.165) is 42.6 Å². The average Bonchev–Trinajstić information content (AvgIpc) is 3.39. The van der Waals surface area contributed by atoms with Crippen LogP contribution >= 0.6 is 0 Å². The fraction of sp³-hybridized carbons (Fsp3) is 0.355. The van der Waals surface area contributed by atoms with Crippen LogP contribution in [0.25, 0.3) is 22.2 Å². The average molecular weight is 563 g/mol. The van der Waals surface area contributed by atoms with Gasteiger partial charge in [0.15, 0.2) is 12.2 Å². The van der Waals surface area contributed by atoms with Gasteiger partial charge in [0.25, 0.3) is 11.9 Å². The molecule has 41 heavy (non-hydrogen) atoms. The summed E-state index contributed by atoms with van der Waals surface area (Å²) in [6, 6.07) is 16.3. The zero-order valence-corrected chi connectivity index (χ0v) is 23.3. The monoisotopic (exact) mass is 562 g/mol. The number of piperidine rings is 1. The largest absolute Gasteiger partial charge is 0.493 e. The van der Waals surface area contributed by atoms with Gasteiger partial charge in [0.2, 0.25) is 0 Å². The maximum absolute atomic E-state index is 13.7. The van der Waals surface area contributed by atoms with E-state index in [1.54, 1.807) is 30.3 Å². The van der Waals surface area contributed by atoms with Gasteiger partial charge in [0.05, 0.1) is 18.8 Å². The zero-order chi connectivity index (χ0) is 28.8. The first-order valence-electron chi connectivity index (χ1n) is 13.9. The van der Waals surface area contributed by atoms with Crippen LogP contribution in [0.4, 0.5) is 10.4 Å². The van der Waals surface area contributed by atoms with E-state index >= 15 is 0 Å². The number of hydrogen-bond donors (Lipinski definition) is 2. The fourth-order valence-electron chi connectivity index (χ4n) is 5.11. The smallest absolute Gasteiger partial charge is 0.298 e. The van der Waals surface area contributed by atoms with Crippen molar-refractivity contribution in [3.05, 3.63) is 66.0 Å². The number of nitrogens with two attached hydrogens (primary N) is 1. The minimum absolute atomic E-state index is 0.192. The van der Waals surface area contributed by atoms with Gasteiger partial charge in [-0.1, -0.05) is 12.1 Å². The Labute approximate surface area is 238 Å². The molecule has 0 bridgehead atoms. The molecule has 0 atom stereocenters. The highest BCUT2D eigenvalue weighted by molar-refractivity contribution is 5.79. The van der Waals surface area contributed by atoms with Crippen LogP contribution in [-0.2, 0) is 11.3 Å². The van der Waals surface area contributed by atoms with Crippen LogP contribution in [0, 0.1) is 5.82 Å². The lowest BCUT2D eigenvalue weighted by Gasteiger charge is -2.34. The summed E-state index contributed by atoms with van der Waals surface area (Å²) in [5.41, 5.74) is 9.02. The number of benzene rings is 3. The Morgan fingerprint density at radius 2 is 1.71 bits per heavy atom.